The van der Waals surface area contributed by atoms with Gasteiger partial charge in [0.2, 0.25) is 0 Å². The van der Waals surface area contributed by atoms with Crippen LogP contribution in [0.25, 0.3) is 0 Å². The lowest BCUT2D eigenvalue weighted by Crippen LogP contribution is -2.10. The largest absolute Gasteiger partial charge is 0.324 e. The van der Waals surface area contributed by atoms with Crippen molar-refractivity contribution >= 4 is 15.9 Å². The number of benzene rings is 1. The summed E-state index contributed by atoms with van der Waals surface area (Å²) in [6, 6.07) is 4.29. The summed E-state index contributed by atoms with van der Waals surface area (Å²) in [5.74, 6) is 2.62. The summed E-state index contributed by atoms with van der Waals surface area (Å²) in [6.07, 6.45) is 6.80. The lowest BCUT2D eigenvalue weighted by molar-refractivity contribution is 0.666. The van der Waals surface area contributed by atoms with Crippen LogP contribution in [0.15, 0.2) is 16.6 Å². The van der Waals surface area contributed by atoms with Crippen molar-refractivity contribution in [2.24, 2.45) is 5.73 Å². The van der Waals surface area contributed by atoms with E-state index in [0.717, 1.165) is 17.3 Å². The van der Waals surface area contributed by atoms with Gasteiger partial charge in [-0.2, -0.15) is 0 Å². The molecule has 0 radical (unpaired) electrons. The van der Waals surface area contributed by atoms with Gasteiger partial charge in [0.05, 0.1) is 0 Å². The van der Waals surface area contributed by atoms with Crippen molar-refractivity contribution in [1.29, 1.82) is 0 Å². The average molecular weight is 266 g/mol. The molecule has 0 fully saturated rings. The van der Waals surface area contributed by atoms with Gasteiger partial charge in [0.1, 0.15) is 0 Å². The van der Waals surface area contributed by atoms with Crippen molar-refractivity contribution < 1.29 is 0 Å². The number of hydrogen-bond donors (Lipinski definition) is 1. The molecule has 15 heavy (non-hydrogen) atoms. The highest BCUT2D eigenvalue weighted by Crippen LogP contribution is 2.26. The van der Waals surface area contributed by atoms with E-state index in [0.29, 0.717) is 0 Å². The number of terminal acetylenes is 1. The summed E-state index contributed by atoms with van der Waals surface area (Å²) in [5, 5.41) is 0. The Balaban J connectivity index is 2.91. The Kier molecular flexibility index (Phi) is 4.38. The molecular formula is C13H16BrN. The molecule has 0 aliphatic carbocycles. The first-order chi connectivity index (χ1) is 7.06. The van der Waals surface area contributed by atoms with Crippen LogP contribution in [-0.4, -0.2) is 0 Å². The fourth-order valence-electron chi connectivity index (χ4n) is 1.60. The van der Waals surface area contributed by atoms with E-state index in [9.17, 15) is 0 Å². The predicted octanol–water partition coefficient (Wildman–Crippen LogP) is 3.48. The minimum atomic E-state index is 0.0477. The molecule has 0 heterocycles. The number of hydrogen-bond acceptors (Lipinski definition) is 1. The Morgan fingerprint density at radius 1 is 1.40 bits per heavy atom. The van der Waals surface area contributed by atoms with E-state index in [1.807, 2.05) is 0 Å². The molecule has 0 amide bonds. The van der Waals surface area contributed by atoms with Crippen molar-refractivity contribution in [3.63, 3.8) is 0 Å². The van der Waals surface area contributed by atoms with Crippen LogP contribution < -0.4 is 5.73 Å². The zero-order valence-corrected chi connectivity index (χ0v) is 10.8. The van der Waals surface area contributed by atoms with Gasteiger partial charge in [-0.05, 0) is 37.0 Å². The fourth-order valence-corrected chi connectivity index (χ4v) is 1.83. The average Bonchev–Trinajstić information content (AvgIpc) is 2.21. The Bertz CT molecular complexity index is 367. The van der Waals surface area contributed by atoms with Gasteiger partial charge < -0.3 is 5.73 Å². The zero-order valence-electron chi connectivity index (χ0n) is 9.18. The minimum absolute atomic E-state index is 0.0477. The molecule has 0 spiro atoms. The molecule has 80 valence electrons. The number of aryl methyl sites for hydroxylation is 2. The van der Waals surface area contributed by atoms with E-state index in [-0.39, 0.29) is 6.04 Å². The molecule has 1 aromatic rings. The first kappa shape index (κ1) is 12.3. The molecular weight excluding hydrogens is 250 g/mol. The van der Waals surface area contributed by atoms with Crippen molar-refractivity contribution in [2.75, 3.05) is 0 Å². The third kappa shape index (κ3) is 3.09. The van der Waals surface area contributed by atoms with Crippen LogP contribution in [0.4, 0.5) is 0 Å². The predicted molar refractivity (Wildman–Crippen MR) is 68.6 cm³/mol. The number of nitrogens with two attached hydrogens (primary N) is 1. The van der Waals surface area contributed by atoms with Crippen LogP contribution in [0.3, 0.4) is 0 Å². The van der Waals surface area contributed by atoms with Crippen LogP contribution >= 0.6 is 15.9 Å². The first-order valence-corrected chi connectivity index (χ1v) is 5.81. The second-order valence-electron chi connectivity index (χ2n) is 3.82. The van der Waals surface area contributed by atoms with Crippen molar-refractivity contribution in [3.05, 3.63) is 33.3 Å². The Labute approximate surface area is 100 Å². The van der Waals surface area contributed by atoms with E-state index in [1.54, 1.807) is 0 Å². The molecule has 0 bridgehead atoms. The second kappa shape index (κ2) is 5.34. The molecule has 2 heteroatoms. The van der Waals surface area contributed by atoms with E-state index in [4.69, 9.17) is 12.2 Å². The summed E-state index contributed by atoms with van der Waals surface area (Å²) in [6.45, 7) is 4.16. The van der Waals surface area contributed by atoms with E-state index in [2.05, 4.69) is 47.8 Å². The van der Waals surface area contributed by atoms with Crippen molar-refractivity contribution in [2.45, 2.75) is 32.7 Å². The summed E-state index contributed by atoms with van der Waals surface area (Å²) < 4.78 is 1.16. The Hall–Kier alpha value is -0.780. The molecule has 0 saturated carbocycles. The fraction of sp³-hybridized carbons (Fsp3) is 0.385. The molecule has 1 rings (SSSR count). The van der Waals surface area contributed by atoms with Gasteiger partial charge in [0, 0.05) is 16.9 Å². The minimum Gasteiger partial charge on any atom is -0.324 e. The second-order valence-corrected chi connectivity index (χ2v) is 4.61. The van der Waals surface area contributed by atoms with Gasteiger partial charge in [0.25, 0.3) is 0 Å². The monoisotopic (exact) mass is 265 g/mol. The van der Waals surface area contributed by atoms with Gasteiger partial charge in [-0.15, -0.1) is 12.3 Å². The molecule has 1 unspecified atom stereocenters. The third-order valence-electron chi connectivity index (χ3n) is 2.49. The third-order valence-corrected chi connectivity index (χ3v) is 3.74. The summed E-state index contributed by atoms with van der Waals surface area (Å²) in [5.41, 5.74) is 9.67. The molecule has 0 aromatic heterocycles. The van der Waals surface area contributed by atoms with E-state index < -0.39 is 0 Å². The number of rotatable bonds is 3. The van der Waals surface area contributed by atoms with Crippen molar-refractivity contribution in [3.8, 4) is 12.3 Å². The van der Waals surface area contributed by atoms with Crippen molar-refractivity contribution in [1.82, 2.24) is 0 Å². The van der Waals surface area contributed by atoms with E-state index >= 15 is 0 Å². The Morgan fingerprint density at radius 3 is 2.40 bits per heavy atom. The van der Waals surface area contributed by atoms with Gasteiger partial charge in [0.15, 0.2) is 0 Å². The van der Waals surface area contributed by atoms with E-state index in [1.165, 1.54) is 16.7 Å². The molecule has 1 nitrogen and oxygen atoms in total. The van der Waals surface area contributed by atoms with Crippen LogP contribution in [0.1, 0.15) is 35.6 Å². The maximum atomic E-state index is 6.06. The Morgan fingerprint density at radius 2 is 1.93 bits per heavy atom. The molecule has 0 aliphatic heterocycles. The van der Waals surface area contributed by atoms with Gasteiger partial charge in [-0.3, -0.25) is 0 Å². The maximum absolute atomic E-state index is 6.06. The lowest BCUT2D eigenvalue weighted by Gasteiger charge is -2.13. The SMILES string of the molecule is C#CCCC(N)c1cc(C)c(Br)c(C)c1. The zero-order chi connectivity index (χ0) is 11.4. The standard InChI is InChI=1S/C13H16BrN/c1-4-5-6-12(15)11-7-9(2)13(14)10(3)8-11/h1,7-8,12H,5-6,15H2,2-3H3. The maximum Gasteiger partial charge on any atom is 0.0304 e. The summed E-state index contributed by atoms with van der Waals surface area (Å²) in [7, 11) is 0. The highest BCUT2D eigenvalue weighted by molar-refractivity contribution is 9.10. The van der Waals surface area contributed by atoms with Crippen LogP contribution in [-0.2, 0) is 0 Å². The van der Waals surface area contributed by atoms with Gasteiger partial charge in [-0.25, -0.2) is 0 Å². The molecule has 2 N–H and O–H groups in total. The quantitative estimate of drug-likeness (QED) is 0.833. The molecule has 1 aromatic carbocycles. The number of halogens is 1. The van der Waals surface area contributed by atoms with Gasteiger partial charge in [-0.1, -0.05) is 28.1 Å². The molecule has 0 saturated heterocycles. The van der Waals surface area contributed by atoms with Crippen LogP contribution in [0.5, 0.6) is 0 Å². The normalized spacial score (nSPS) is 12.2. The first-order valence-electron chi connectivity index (χ1n) is 5.02. The van der Waals surface area contributed by atoms with Crippen LogP contribution in [0, 0.1) is 26.2 Å². The molecule has 1 atom stereocenters. The van der Waals surface area contributed by atoms with Crippen LogP contribution in [0.2, 0.25) is 0 Å². The highest BCUT2D eigenvalue weighted by atomic mass is 79.9. The summed E-state index contributed by atoms with van der Waals surface area (Å²) in [4.78, 5) is 0. The van der Waals surface area contributed by atoms with Gasteiger partial charge >= 0.3 is 0 Å². The lowest BCUT2D eigenvalue weighted by atomic mass is 9.99. The topological polar surface area (TPSA) is 26.0 Å². The molecule has 0 aliphatic rings. The highest BCUT2D eigenvalue weighted by Gasteiger charge is 2.08. The smallest absolute Gasteiger partial charge is 0.0304 e. The summed E-state index contributed by atoms with van der Waals surface area (Å²) >= 11 is 3.54.